The third-order valence-electron chi connectivity index (χ3n) is 3.95. The zero-order valence-corrected chi connectivity index (χ0v) is 12.3. The van der Waals surface area contributed by atoms with E-state index in [0.717, 1.165) is 11.1 Å². The van der Waals surface area contributed by atoms with Crippen molar-refractivity contribution in [3.05, 3.63) is 69.8 Å². The molecule has 3 nitrogen and oxygen atoms in total. The molecule has 2 aromatic carbocycles. The summed E-state index contributed by atoms with van der Waals surface area (Å²) in [7, 11) is 0. The molecule has 0 radical (unpaired) electrons. The third-order valence-corrected chi connectivity index (χ3v) is 3.95. The van der Waals surface area contributed by atoms with Crippen LogP contribution < -0.4 is 11.2 Å². The Morgan fingerprint density at radius 1 is 1.18 bits per heavy atom. The maximum atomic E-state index is 14.4. The van der Waals surface area contributed by atoms with Gasteiger partial charge in [0, 0.05) is 23.7 Å². The maximum Gasteiger partial charge on any atom is 0.192 e. The van der Waals surface area contributed by atoms with Crippen molar-refractivity contribution >= 4 is 10.9 Å². The Hall–Kier alpha value is -2.46. The summed E-state index contributed by atoms with van der Waals surface area (Å²) in [6.45, 7) is 2.27. The molecule has 0 fully saturated rings. The van der Waals surface area contributed by atoms with Crippen LogP contribution >= 0.6 is 0 Å². The van der Waals surface area contributed by atoms with Crippen LogP contribution in [0.2, 0.25) is 0 Å². The molecule has 0 aliphatic carbocycles. The van der Waals surface area contributed by atoms with Crippen molar-refractivity contribution in [1.82, 2.24) is 4.98 Å². The average molecular weight is 296 g/mol. The number of H-pyrrole nitrogens is 1. The first kappa shape index (κ1) is 14.5. The molecule has 0 spiro atoms. The Morgan fingerprint density at radius 3 is 2.68 bits per heavy atom. The van der Waals surface area contributed by atoms with Gasteiger partial charge in [-0.05, 0) is 35.2 Å². The molecule has 0 saturated heterocycles. The Balaban J connectivity index is 2.33. The Bertz CT molecular complexity index is 899. The number of halogens is 1. The molecule has 112 valence electrons. The molecule has 0 aliphatic rings. The second-order valence-electron chi connectivity index (χ2n) is 5.24. The molecule has 22 heavy (non-hydrogen) atoms. The van der Waals surface area contributed by atoms with E-state index in [1.54, 1.807) is 12.3 Å². The summed E-state index contributed by atoms with van der Waals surface area (Å²) in [5, 5.41) is 0.376. The molecule has 0 aliphatic heterocycles. The minimum absolute atomic E-state index is 0.123. The van der Waals surface area contributed by atoms with Gasteiger partial charge in [0.05, 0.1) is 5.52 Å². The summed E-state index contributed by atoms with van der Waals surface area (Å²) >= 11 is 0. The van der Waals surface area contributed by atoms with Crippen molar-refractivity contribution in [3.8, 4) is 11.1 Å². The van der Waals surface area contributed by atoms with Crippen LogP contribution in [0.4, 0.5) is 4.39 Å². The second kappa shape index (κ2) is 5.73. The fraction of sp³-hybridized carbons (Fsp3) is 0.167. The van der Waals surface area contributed by atoms with Crippen LogP contribution in [0, 0.1) is 5.82 Å². The highest BCUT2D eigenvalue weighted by atomic mass is 19.1. The van der Waals surface area contributed by atoms with Gasteiger partial charge in [0.25, 0.3) is 0 Å². The van der Waals surface area contributed by atoms with Crippen molar-refractivity contribution in [2.75, 3.05) is 0 Å². The number of hydrogen-bond donors (Lipinski definition) is 2. The Kier molecular flexibility index (Phi) is 3.77. The number of benzene rings is 2. The third kappa shape index (κ3) is 2.31. The summed E-state index contributed by atoms with van der Waals surface area (Å²) < 4.78 is 14.4. The maximum absolute atomic E-state index is 14.4. The van der Waals surface area contributed by atoms with E-state index in [9.17, 15) is 9.18 Å². The molecule has 1 heterocycles. The quantitative estimate of drug-likeness (QED) is 0.778. The van der Waals surface area contributed by atoms with Gasteiger partial charge in [0.15, 0.2) is 5.43 Å². The normalized spacial score (nSPS) is 11.0. The summed E-state index contributed by atoms with van der Waals surface area (Å²) in [6.07, 6.45) is 2.19. The van der Waals surface area contributed by atoms with E-state index in [2.05, 4.69) is 4.98 Å². The van der Waals surface area contributed by atoms with E-state index < -0.39 is 5.82 Å². The van der Waals surface area contributed by atoms with Crippen molar-refractivity contribution in [1.29, 1.82) is 0 Å². The first-order chi connectivity index (χ1) is 10.7. The lowest BCUT2D eigenvalue weighted by atomic mass is 9.97. The molecule has 1 aromatic heterocycles. The van der Waals surface area contributed by atoms with Gasteiger partial charge < -0.3 is 10.7 Å². The molecule has 0 atom stereocenters. The van der Waals surface area contributed by atoms with E-state index in [1.165, 1.54) is 6.07 Å². The number of aryl methyl sites for hydroxylation is 1. The molecular weight excluding hydrogens is 279 g/mol. The van der Waals surface area contributed by atoms with Gasteiger partial charge in [-0.3, -0.25) is 4.79 Å². The van der Waals surface area contributed by atoms with Crippen molar-refractivity contribution < 1.29 is 4.39 Å². The number of nitrogens with two attached hydrogens (primary N) is 1. The summed E-state index contributed by atoms with van der Waals surface area (Å²) in [5.74, 6) is -0.431. The Labute approximate surface area is 127 Å². The second-order valence-corrected chi connectivity index (χ2v) is 5.24. The van der Waals surface area contributed by atoms with Gasteiger partial charge >= 0.3 is 0 Å². The zero-order chi connectivity index (χ0) is 15.7. The van der Waals surface area contributed by atoms with Crippen molar-refractivity contribution in [2.45, 2.75) is 19.9 Å². The fourth-order valence-corrected chi connectivity index (χ4v) is 2.73. The minimum atomic E-state index is -0.431. The molecule has 0 bridgehead atoms. The number of hydrogen-bond acceptors (Lipinski definition) is 2. The highest BCUT2D eigenvalue weighted by Crippen LogP contribution is 2.27. The number of fused-ring (bicyclic) bond motifs is 1. The SMILES string of the molecule is CCc1c[nH]c2c(F)cc(-c3ccccc3CN)cc2c1=O. The largest absolute Gasteiger partial charge is 0.358 e. The average Bonchev–Trinajstić information content (AvgIpc) is 2.55. The molecule has 3 rings (SSSR count). The highest BCUT2D eigenvalue weighted by Gasteiger charge is 2.12. The monoisotopic (exact) mass is 296 g/mol. The van der Waals surface area contributed by atoms with Crippen LogP contribution in [0.5, 0.6) is 0 Å². The van der Waals surface area contributed by atoms with Crippen LogP contribution in [-0.4, -0.2) is 4.98 Å². The van der Waals surface area contributed by atoms with Crippen LogP contribution in [-0.2, 0) is 13.0 Å². The van der Waals surface area contributed by atoms with Crippen LogP contribution in [0.1, 0.15) is 18.1 Å². The molecule has 0 amide bonds. The Morgan fingerprint density at radius 2 is 1.95 bits per heavy atom. The standard InChI is InChI=1S/C18H17FN2O/c1-2-11-10-21-17-15(18(11)22)7-13(8-16(17)19)14-6-4-3-5-12(14)9-20/h3-8,10H,2,9,20H2,1H3,(H,21,22). The molecule has 0 unspecified atom stereocenters. The first-order valence-electron chi connectivity index (χ1n) is 7.27. The van der Waals surface area contributed by atoms with E-state index >= 15 is 0 Å². The molecule has 0 saturated carbocycles. The first-order valence-corrected chi connectivity index (χ1v) is 7.27. The fourth-order valence-electron chi connectivity index (χ4n) is 2.73. The number of aromatic nitrogens is 1. The molecular formula is C18H17FN2O. The smallest absolute Gasteiger partial charge is 0.192 e. The van der Waals surface area contributed by atoms with Crippen molar-refractivity contribution in [3.63, 3.8) is 0 Å². The minimum Gasteiger partial charge on any atom is -0.358 e. The van der Waals surface area contributed by atoms with Gasteiger partial charge in [-0.15, -0.1) is 0 Å². The summed E-state index contributed by atoms with van der Waals surface area (Å²) in [5.41, 5.74) is 8.97. The molecule has 3 N–H and O–H groups in total. The van der Waals surface area contributed by atoms with Gasteiger partial charge in [-0.2, -0.15) is 0 Å². The number of rotatable bonds is 3. The number of pyridine rings is 1. The number of aromatic amines is 1. The predicted octanol–water partition coefficient (Wildman–Crippen LogP) is 3.36. The van der Waals surface area contributed by atoms with E-state index in [-0.39, 0.29) is 10.9 Å². The van der Waals surface area contributed by atoms with Gasteiger partial charge in [0.1, 0.15) is 5.82 Å². The van der Waals surface area contributed by atoms with E-state index in [0.29, 0.717) is 29.5 Å². The van der Waals surface area contributed by atoms with Gasteiger partial charge in [0.2, 0.25) is 0 Å². The lowest BCUT2D eigenvalue weighted by Crippen LogP contribution is -2.10. The van der Waals surface area contributed by atoms with Crippen LogP contribution in [0.25, 0.3) is 22.0 Å². The van der Waals surface area contributed by atoms with Gasteiger partial charge in [-0.1, -0.05) is 31.2 Å². The topological polar surface area (TPSA) is 58.9 Å². The molecule has 4 heteroatoms. The highest BCUT2D eigenvalue weighted by molar-refractivity contribution is 5.86. The van der Waals surface area contributed by atoms with E-state index in [4.69, 9.17) is 5.73 Å². The zero-order valence-electron chi connectivity index (χ0n) is 12.3. The summed E-state index contributed by atoms with van der Waals surface area (Å²) in [6, 6.07) is 10.8. The lowest BCUT2D eigenvalue weighted by molar-refractivity contribution is 0.637. The van der Waals surface area contributed by atoms with E-state index in [1.807, 2.05) is 31.2 Å². The summed E-state index contributed by atoms with van der Waals surface area (Å²) in [4.78, 5) is 15.3. The lowest BCUT2D eigenvalue weighted by Gasteiger charge is -2.10. The van der Waals surface area contributed by atoms with Crippen LogP contribution in [0.3, 0.4) is 0 Å². The molecule has 3 aromatic rings. The van der Waals surface area contributed by atoms with Gasteiger partial charge in [-0.25, -0.2) is 4.39 Å². The predicted molar refractivity (Wildman–Crippen MR) is 87.2 cm³/mol. The number of nitrogens with one attached hydrogen (secondary N) is 1. The van der Waals surface area contributed by atoms with Crippen LogP contribution in [0.15, 0.2) is 47.4 Å². The van der Waals surface area contributed by atoms with Crippen molar-refractivity contribution in [2.24, 2.45) is 5.73 Å².